The Labute approximate surface area is 58.8 Å². The Balaban J connectivity index is 2.58. The summed E-state index contributed by atoms with van der Waals surface area (Å²) in [7, 11) is 0. The van der Waals surface area contributed by atoms with Crippen LogP contribution in [-0.2, 0) is 6.42 Å². The van der Waals surface area contributed by atoms with Gasteiger partial charge in [-0.05, 0) is 11.4 Å². The van der Waals surface area contributed by atoms with Crippen LogP contribution in [0.4, 0.5) is 0 Å². The van der Waals surface area contributed by atoms with Gasteiger partial charge in [-0.25, -0.2) is 0 Å². The van der Waals surface area contributed by atoms with Crippen LogP contribution in [0.1, 0.15) is 4.88 Å². The Morgan fingerprint density at radius 1 is 1.78 bits per heavy atom. The second-order valence-electron chi connectivity index (χ2n) is 1.91. The van der Waals surface area contributed by atoms with E-state index in [1.807, 2.05) is 11.4 Å². The van der Waals surface area contributed by atoms with Gasteiger partial charge in [-0.3, -0.25) is 0 Å². The highest BCUT2D eigenvalue weighted by molar-refractivity contribution is 7.09. The molecule has 2 heteroatoms. The number of rotatable bonds is 2. The highest BCUT2D eigenvalue weighted by atomic mass is 32.1. The van der Waals surface area contributed by atoms with Crippen molar-refractivity contribution in [2.24, 2.45) is 5.73 Å². The first-order valence-corrected chi connectivity index (χ1v) is 3.62. The summed E-state index contributed by atoms with van der Waals surface area (Å²) in [6.45, 7) is 3.61. The Hall–Kier alpha value is -0.760. The van der Waals surface area contributed by atoms with Gasteiger partial charge in [0.15, 0.2) is 0 Å². The van der Waals surface area contributed by atoms with E-state index in [1.54, 1.807) is 11.3 Å². The van der Waals surface area contributed by atoms with Gasteiger partial charge < -0.3 is 5.73 Å². The van der Waals surface area contributed by atoms with Crippen molar-refractivity contribution in [3.8, 4) is 0 Å². The summed E-state index contributed by atoms with van der Waals surface area (Å²) >= 11 is 1.71. The molecule has 0 unspecified atom stereocenters. The van der Waals surface area contributed by atoms with Crippen molar-refractivity contribution < 1.29 is 0 Å². The molecule has 1 aromatic heterocycles. The van der Waals surface area contributed by atoms with Crippen molar-refractivity contribution in [1.82, 2.24) is 0 Å². The fourth-order valence-electron chi connectivity index (χ4n) is 0.637. The molecule has 0 saturated carbocycles. The van der Waals surface area contributed by atoms with E-state index in [2.05, 4.69) is 12.6 Å². The van der Waals surface area contributed by atoms with Gasteiger partial charge in [-0.2, -0.15) is 0 Å². The maximum atomic E-state index is 5.40. The molecule has 0 aliphatic carbocycles. The summed E-state index contributed by atoms with van der Waals surface area (Å²) in [5.74, 6) is 0. The summed E-state index contributed by atoms with van der Waals surface area (Å²) in [5.41, 5.74) is 6.13. The Kier molecular flexibility index (Phi) is 1.90. The zero-order valence-electron chi connectivity index (χ0n) is 5.13. The van der Waals surface area contributed by atoms with Crippen LogP contribution in [0.25, 0.3) is 0 Å². The second kappa shape index (κ2) is 2.69. The Bertz CT molecular complexity index is 189. The molecule has 0 saturated heterocycles. The van der Waals surface area contributed by atoms with Gasteiger partial charge in [0.25, 0.3) is 0 Å². The maximum Gasteiger partial charge on any atom is 0.0209 e. The highest BCUT2D eigenvalue weighted by Gasteiger charge is 1.91. The van der Waals surface area contributed by atoms with E-state index < -0.39 is 0 Å². The van der Waals surface area contributed by atoms with E-state index in [4.69, 9.17) is 5.73 Å². The van der Waals surface area contributed by atoms with E-state index in [0.29, 0.717) is 0 Å². The average molecular weight is 139 g/mol. The van der Waals surface area contributed by atoms with Gasteiger partial charge in [0.05, 0.1) is 0 Å². The van der Waals surface area contributed by atoms with E-state index in [9.17, 15) is 0 Å². The smallest absolute Gasteiger partial charge is 0.0209 e. The van der Waals surface area contributed by atoms with E-state index >= 15 is 0 Å². The van der Waals surface area contributed by atoms with Crippen LogP contribution in [0.3, 0.4) is 0 Å². The number of hydrogen-bond donors (Lipinski definition) is 1. The fourth-order valence-corrected chi connectivity index (χ4v) is 1.39. The number of nitrogens with two attached hydrogens (primary N) is 1. The first-order valence-electron chi connectivity index (χ1n) is 2.74. The molecule has 2 N–H and O–H groups in total. The molecule has 48 valence electrons. The number of thiophene rings is 1. The molecule has 9 heavy (non-hydrogen) atoms. The van der Waals surface area contributed by atoms with Crippen molar-refractivity contribution in [2.45, 2.75) is 6.42 Å². The van der Waals surface area contributed by atoms with Crippen molar-refractivity contribution in [2.75, 3.05) is 0 Å². The molecule has 1 heterocycles. The van der Waals surface area contributed by atoms with Crippen LogP contribution in [-0.4, -0.2) is 0 Å². The van der Waals surface area contributed by atoms with Crippen LogP contribution in [0, 0.1) is 0 Å². The molecular formula is C7H9NS. The lowest BCUT2D eigenvalue weighted by Gasteiger charge is -1.92. The summed E-state index contributed by atoms with van der Waals surface area (Å²) in [5, 5.41) is 2.04. The minimum Gasteiger partial charge on any atom is -0.402 e. The third kappa shape index (κ3) is 1.90. The van der Waals surface area contributed by atoms with Gasteiger partial charge in [0.1, 0.15) is 0 Å². The number of allylic oxidation sites excluding steroid dienone is 1. The average Bonchev–Trinajstić information content (AvgIpc) is 2.15. The van der Waals surface area contributed by atoms with Crippen LogP contribution in [0.15, 0.2) is 29.8 Å². The third-order valence-electron chi connectivity index (χ3n) is 0.981. The maximum absolute atomic E-state index is 5.40. The van der Waals surface area contributed by atoms with Gasteiger partial charge in [0, 0.05) is 17.0 Å². The van der Waals surface area contributed by atoms with Crippen LogP contribution in [0.5, 0.6) is 0 Å². The second-order valence-corrected chi connectivity index (χ2v) is 2.95. The molecular weight excluding hydrogens is 130 g/mol. The van der Waals surface area contributed by atoms with E-state index in [-0.39, 0.29) is 0 Å². The Morgan fingerprint density at radius 3 is 3.00 bits per heavy atom. The SMILES string of the molecule is C=C(N)Cc1cccs1. The quantitative estimate of drug-likeness (QED) is 0.664. The predicted molar refractivity (Wildman–Crippen MR) is 41.4 cm³/mol. The van der Waals surface area contributed by atoms with Crippen LogP contribution >= 0.6 is 11.3 Å². The van der Waals surface area contributed by atoms with Crippen LogP contribution < -0.4 is 5.73 Å². The van der Waals surface area contributed by atoms with Gasteiger partial charge in [0.2, 0.25) is 0 Å². The third-order valence-corrected chi connectivity index (χ3v) is 1.86. The highest BCUT2D eigenvalue weighted by Crippen LogP contribution is 2.10. The zero-order valence-corrected chi connectivity index (χ0v) is 5.95. The molecule has 1 aromatic rings. The van der Waals surface area contributed by atoms with Crippen molar-refractivity contribution in [3.05, 3.63) is 34.7 Å². The minimum absolute atomic E-state index is 0.734. The molecule has 0 radical (unpaired) electrons. The lowest BCUT2D eigenvalue weighted by molar-refractivity contribution is 1.15. The molecule has 0 spiro atoms. The van der Waals surface area contributed by atoms with E-state index in [0.717, 1.165) is 12.1 Å². The topological polar surface area (TPSA) is 26.0 Å². The normalized spacial score (nSPS) is 9.33. The monoisotopic (exact) mass is 139 g/mol. The standard InChI is InChI=1S/C7H9NS/c1-6(8)5-7-3-2-4-9-7/h2-4H,1,5,8H2. The fraction of sp³-hybridized carbons (Fsp3) is 0.143. The van der Waals surface area contributed by atoms with Gasteiger partial charge in [-0.15, -0.1) is 11.3 Å². The lowest BCUT2D eigenvalue weighted by Crippen LogP contribution is -1.96. The molecule has 0 aliphatic heterocycles. The summed E-state index contributed by atoms with van der Waals surface area (Å²) in [6.07, 6.45) is 0.817. The summed E-state index contributed by atoms with van der Waals surface area (Å²) in [4.78, 5) is 1.28. The molecule has 0 aromatic carbocycles. The lowest BCUT2D eigenvalue weighted by atomic mass is 10.3. The first-order chi connectivity index (χ1) is 4.29. The predicted octanol–water partition coefficient (Wildman–Crippen LogP) is 1.76. The molecule has 0 fully saturated rings. The molecule has 0 bridgehead atoms. The first kappa shape index (κ1) is 6.36. The van der Waals surface area contributed by atoms with Crippen molar-refractivity contribution in [1.29, 1.82) is 0 Å². The minimum atomic E-state index is 0.734. The number of hydrogen-bond acceptors (Lipinski definition) is 2. The van der Waals surface area contributed by atoms with Crippen molar-refractivity contribution >= 4 is 11.3 Å². The zero-order chi connectivity index (χ0) is 6.69. The summed E-state index contributed by atoms with van der Waals surface area (Å²) < 4.78 is 0. The molecule has 0 atom stereocenters. The molecule has 0 aliphatic rings. The van der Waals surface area contributed by atoms with Gasteiger partial charge >= 0.3 is 0 Å². The van der Waals surface area contributed by atoms with Gasteiger partial charge in [-0.1, -0.05) is 12.6 Å². The van der Waals surface area contributed by atoms with Crippen LogP contribution in [0.2, 0.25) is 0 Å². The van der Waals surface area contributed by atoms with Crippen molar-refractivity contribution in [3.63, 3.8) is 0 Å². The molecule has 1 nitrogen and oxygen atoms in total. The Morgan fingerprint density at radius 2 is 2.56 bits per heavy atom. The molecule has 0 amide bonds. The van der Waals surface area contributed by atoms with E-state index in [1.165, 1.54) is 4.88 Å². The molecule has 1 rings (SSSR count). The summed E-state index contributed by atoms with van der Waals surface area (Å²) in [6, 6.07) is 4.08. The largest absolute Gasteiger partial charge is 0.402 e.